The predicted octanol–water partition coefficient (Wildman–Crippen LogP) is 5.09. The van der Waals surface area contributed by atoms with Crippen molar-refractivity contribution in [1.29, 1.82) is 0 Å². The molecule has 0 amide bonds. The number of ether oxygens (including phenoxy) is 1. The molecular weight excluding hydrogens is 258 g/mol. The van der Waals surface area contributed by atoms with E-state index < -0.39 is 0 Å². The van der Waals surface area contributed by atoms with Crippen LogP contribution in [0.1, 0.15) is 70.4 Å². The third-order valence-corrected chi connectivity index (χ3v) is 4.55. The predicted molar refractivity (Wildman–Crippen MR) is 89.8 cm³/mol. The fraction of sp³-hybridized carbons (Fsp3) is 0.684. The van der Waals surface area contributed by atoms with Crippen LogP contribution in [-0.4, -0.2) is 13.2 Å². The van der Waals surface area contributed by atoms with E-state index in [2.05, 4.69) is 50.5 Å². The summed E-state index contributed by atoms with van der Waals surface area (Å²) >= 11 is 0. The highest BCUT2D eigenvalue weighted by Gasteiger charge is 2.21. The van der Waals surface area contributed by atoms with Crippen LogP contribution in [0.4, 0.5) is 0 Å². The first-order valence-corrected chi connectivity index (χ1v) is 8.63. The molecule has 1 saturated carbocycles. The number of rotatable bonds is 6. The number of hydrogen-bond acceptors (Lipinski definition) is 2. The minimum atomic E-state index is 0.224. The Morgan fingerprint density at radius 1 is 1.10 bits per heavy atom. The highest BCUT2D eigenvalue weighted by Crippen LogP contribution is 2.34. The fourth-order valence-electron chi connectivity index (χ4n) is 3.46. The van der Waals surface area contributed by atoms with Crippen LogP contribution < -0.4 is 10.1 Å². The summed E-state index contributed by atoms with van der Waals surface area (Å²) in [7, 11) is 2.08. The van der Waals surface area contributed by atoms with Gasteiger partial charge >= 0.3 is 0 Å². The molecule has 0 radical (unpaired) electrons. The zero-order valence-electron chi connectivity index (χ0n) is 13.9. The van der Waals surface area contributed by atoms with Crippen LogP contribution in [0.15, 0.2) is 24.3 Å². The summed E-state index contributed by atoms with van der Waals surface area (Å²) in [5, 5.41) is 3.52. The highest BCUT2D eigenvalue weighted by atomic mass is 16.5. The van der Waals surface area contributed by atoms with Crippen molar-refractivity contribution < 1.29 is 4.74 Å². The standard InChI is InChI=1S/C19H31NO/c1-15(2)21-19-13-9-8-12-17(19)18(20-3)14-16-10-6-4-5-7-11-16/h8-9,12-13,15-16,18,20H,4-7,10-11,14H2,1-3H3. The van der Waals surface area contributed by atoms with Gasteiger partial charge in [0.1, 0.15) is 5.75 Å². The summed E-state index contributed by atoms with van der Waals surface area (Å²) in [6, 6.07) is 8.92. The molecule has 1 N–H and O–H groups in total. The number of hydrogen-bond donors (Lipinski definition) is 1. The van der Waals surface area contributed by atoms with Crippen molar-refractivity contribution in [2.45, 2.75) is 70.9 Å². The molecule has 0 heterocycles. The molecule has 2 heteroatoms. The lowest BCUT2D eigenvalue weighted by Crippen LogP contribution is -2.21. The molecule has 0 saturated heterocycles. The third kappa shape index (κ3) is 5.03. The lowest BCUT2D eigenvalue weighted by atomic mass is 9.89. The molecule has 1 aliphatic carbocycles. The quantitative estimate of drug-likeness (QED) is 0.736. The zero-order valence-corrected chi connectivity index (χ0v) is 13.9. The zero-order chi connectivity index (χ0) is 15.1. The number of nitrogens with one attached hydrogen (secondary N) is 1. The second-order valence-corrected chi connectivity index (χ2v) is 6.64. The van der Waals surface area contributed by atoms with Crippen molar-refractivity contribution >= 4 is 0 Å². The third-order valence-electron chi connectivity index (χ3n) is 4.55. The minimum absolute atomic E-state index is 0.224. The van der Waals surface area contributed by atoms with E-state index in [9.17, 15) is 0 Å². The summed E-state index contributed by atoms with van der Waals surface area (Å²) in [4.78, 5) is 0. The lowest BCUT2D eigenvalue weighted by Gasteiger charge is -2.25. The van der Waals surface area contributed by atoms with Gasteiger partial charge in [-0.15, -0.1) is 0 Å². The Bertz CT molecular complexity index is 408. The molecule has 0 spiro atoms. The average molecular weight is 289 g/mol. The monoisotopic (exact) mass is 289 g/mol. The van der Waals surface area contributed by atoms with Crippen LogP contribution in [0.2, 0.25) is 0 Å². The first-order chi connectivity index (χ1) is 10.2. The van der Waals surface area contributed by atoms with Gasteiger partial charge in [-0.3, -0.25) is 0 Å². The minimum Gasteiger partial charge on any atom is -0.491 e. The molecule has 1 aromatic rings. The topological polar surface area (TPSA) is 21.3 Å². The van der Waals surface area contributed by atoms with Crippen molar-refractivity contribution in [2.75, 3.05) is 7.05 Å². The van der Waals surface area contributed by atoms with Gasteiger partial charge in [0.25, 0.3) is 0 Å². The Hall–Kier alpha value is -1.02. The molecule has 1 aliphatic rings. The largest absolute Gasteiger partial charge is 0.491 e. The lowest BCUT2D eigenvalue weighted by molar-refractivity contribution is 0.236. The smallest absolute Gasteiger partial charge is 0.124 e. The summed E-state index contributed by atoms with van der Waals surface area (Å²) in [6.07, 6.45) is 9.91. The number of benzene rings is 1. The van der Waals surface area contributed by atoms with Gasteiger partial charge in [-0.05, 0) is 39.3 Å². The summed E-state index contributed by atoms with van der Waals surface area (Å²) in [5.41, 5.74) is 1.32. The summed E-state index contributed by atoms with van der Waals surface area (Å²) in [6.45, 7) is 4.19. The molecule has 0 aromatic heterocycles. The Labute approximate surface area is 130 Å². The fourth-order valence-corrected chi connectivity index (χ4v) is 3.46. The maximum atomic E-state index is 6.00. The van der Waals surface area contributed by atoms with E-state index in [0.29, 0.717) is 6.04 Å². The average Bonchev–Trinajstić information content (AvgIpc) is 2.73. The molecule has 1 atom stereocenters. The molecule has 2 rings (SSSR count). The Morgan fingerprint density at radius 2 is 1.76 bits per heavy atom. The SMILES string of the molecule is CNC(CC1CCCCCC1)c1ccccc1OC(C)C. The molecule has 1 aromatic carbocycles. The molecule has 1 fully saturated rings. The van der Waals surface area contributed by atoms with E-state index in [1.807, 2.05) is 0 Å². The van der Waals surface area contributed by atoms with Gasteiger partial charge < -0.3 is 10.1 Å². The van der Waals surface area contributed by atoms with Gasteiger partial charge in [0.05, 0.1) is 6.10 Å². The van der Waals surface area contributed by atoms with Gasteiger partial charge in [0.15, 0.2) is 0 Å². The molecular formula is C19H31NO. The van der Waals surface area contributed by atoms with Crippen LogP contribution in [0, 0.1) is 5.92 Å². The Balaban J connectivity index is 2.09. The van der Waals surface area contributed by atoms with Crippen LogP contribution in [0.25, 0.3) is 0 Å². The molecule has 1 unspecified atom stereocenters. The van der Waals surface area contributed by atoms with Gasteiger partial charge in [-0.2, -0.15) is 0 Å². The molecule has 2 nitrogen and oxygen atoms in total. The van der Waals surface area contributed by atoms with Crippen molar-refractivity contribution in [3.8, 4) is 5.75 Å². The van der Waals surface area contributed by atoms with Crippen molar-refractivity contribution in [1.82, 2.24) is 5.32 Å². The first kappa shape index (κ1) is 16.4. The van der Waals surface area contributed by atoms with Gasteiger partial charge in [0.2, 0.25) is 0 Å². The van der Waals surface area contributed by atoms with E-state index in [1.54, 1.807) is 0 Å². The Kier molecular flexibility index (Phi) is 6.56. The van der Waals surface area contributed by atoms with Gasteiger partial charge in [-0.1, -0.05) is 56.7 Å². The summed E-state index contributed by atoms with van der Waals surface area (Å²) in [5.74, 6) is 1.90. The van der Waals surface area contributed by atoms with E-state index in [0.717, 1.165) is 11.7 Å². The van der Waals surface area contributed by atoms with E-state index in [-0.39, 0.29) is 6.10 Å². The maximum absolute atomic E-state index is 6.00. The van der Waals surface area contributed by atoms with E-state index in [1.165, 1.54) is 50.5 Å². The summed E-state index contributed by atoms with van der Waals surface area (Å²) < 4.78 is 6.00. The van der Waals surface area contributed by atoms with Crippen molar-refractivity contribution in [3.63, 3.8) is 0 Å². The van der Waals surface area contributed by atoms with Gasteiger partial charge in [0, 0.05) is 11.6 Å². The molecule has 21 heavy (non-hydrogen) atoms. The maximum Gasteiger partial charge on any atom is 0.124 e. The Morgan fingerprint density at radius 3 is 2.38 bits per heavy atom. The molecule has 118 valence electrons. The normalized spacial score (nSPS) is 18.5. The van der Waals surface area contributed by atoms with Gasteiger partial charge in [-0.25, -0.2) is 0 Å². The first-order valence-electron chi connectivity index (χ1n) is 8.63. The number of para-hydroxylation sites is 1. The van der Waals surface area contributed by atoms with E-state index >= 15 is 0 Å². The van der Waals surface area contributed by atoms with E-state index in [4.69, 9.17) is 4.74 Å². The van der Waals surface area contributed by atoms with Crippen molar-refractivity contribution in [3.05, 3.63) is 29.8 Å². The molecule has 0 aliphatic heterocycles. The second-order valence-electron chi connectivity index (χ2n) is 6.64. The van der Waals surface area contributed by atoms with Crippen LogP contribution in [0.5, 0.6) is 5.75 Å². The molecule has 0 bridgehead atoms. The van der Waals surface area contributed by atoms with Crippen LogP contribution >= 0.6 is 0 Å². The second kappa shape index (κ2) is 8.43. The van der Waals surface area contributed by atoms with Crippen LogP contribution in [-0.2, 0) is 0 Å². The van der Waals surface area contributed by atoms with Crippen molar-refractivity contribution in [2.24, 2.45) is 5.92 Å². The highest BCUT2D eigenvalue weighted by molar-refractivity contribution is 5.36. The van der Waals surface area contributed by atoms with Crippen LogP contribution in [0.3, 0.4) is 0 Å².